The summed E-state index contributed by atoms with van der Waals surface area (Å²) in [5.41, 5.74) is 5.94. The van der Waals surface area contributed by atoms with E-state index >= 15 is 0 Å². The molecular weight excluding hydrogens is 262 g/mol. The van der Waals surface area contributed by atoms with Crippen molar-refractivity contribution in [2.75, 3.05) is 33.7 Å². The van der Waals surface area contributed by atoms with Crippen molar-refractivity contribution in [3.05, 3.63) is 0 Å². The van der Waals surface area contributed by atoms with Crippen molar-refractivity contribution in [1.29, 1.82) is 0 Å². The first-order valence-corrected chi connectivity index (χ1v) is 8.40. The predicted octanol–water partition coefficient (Wildman–Crippen LogP) is 2.33. The lowest BCUT2D eigenvalue weighted by Gasteiger charge is -2.31. The molecule has 1 aliphatic rings. The zero-order valence-corrected chi connectivity index (χ0v) is 14.7. The minimum absolute atomic E-state index is 0.226. The zero-order chi connectivity index (χ0) is 16.0. The average molecular weight is 297 g/mol. The summed E-state index contributed by atoms with van der Waals surface area (Å²) in [7, 11) is 4.11. The lowest BCUT2D eigenvalue weighted by Crippen LogP contribution is -2.39. The van der Waals surface area contributed by atoms with Crippen molar-refractivity contribution in [3.8, 4) is 0 Å². The van der Waals surface area contributed by atoms with Gasteiger partial charge in [0.05, 0.1) is 0 Å². The molecule has 1 rings (SSSR count). The standard InChI is InChI=1S/C17H35N3O/c1-17(2,3)14(10-11-18)8-9-16(21)20(5)13-15-7-6-12-19(15)4/h14-15H,6-13,18H2,1-5H3. The number of amides is 1. The van der Waals surface area contributed by atoms with Crippen LogP contribution in [0.4, 0.5) is 0 Å². The number of rotatable bonds is 7. The number of likely N-dealkylation sites (tertiary alicyclic amines) is 1. The molecule has 0 saturated carbocycles. The van der Waals surface area contributed by atoms with Crippen molar-refractivity contribution >= 4 is 5.91 Å². The van der Waals surface area contributed by atoms with Gasteiger partial charge in [0, 0.05) is 26.1 Å². The van der Waals surface area contributed by atoms with Gasteiger partial charge < -0.3 is 15.5 Å². The number of hydrogen-bond acceptors (Lipinski definition) is 3. The van der Waals surface area contributed by atoms with Gasteiger partial charge in [0.1, 0.15) is 0 Å². The normalized spacial score (nSPS) is 21.5. The Labute approximate surface area is 131 Å². The monoisotopic (exact) mass is 297 g/mol. The molecule has 124 valence electrons. The van der Waals surface area contributed by atoms with Crippen molar-refractivity contribution in [2.45, 2.75) is 58.9 Å². The SMILES string of the molecule is CN(CC1CCCN1C)C(=O)CCC(CCN)C(C)(C)C. The number of hydrogen-bond donors (Lipinski definition) is 1. The van der Waals surface area contributed by atoms with E-state index in [1.54, 1.807) is 0 Å². The molecule has 2 N–H and O–H groups in total. The van der Waals surface area contributed by atoms with Crippen LogP contribution in [0.25, 0.3) is 0 Å². The quantitative estimate of drug-likeness (QED) is 0.784. The number of carbonyl (C=O) groups excluding carboxylic acids is 1. The summed E-state index contributed by atoms with van der Waals surface area (Å²) >= 11 is 0. The molecule has 0 aromatic heterocycles. The van der Waals surface area contributed by atoms with Crippen LogP contribution in [0, 0.1) is 11.3 Å². The van der Waals surface area contributed by atoms with E-state index in [9.17, 15) is 4.79 Å². The van der Waals surface area contributed by atoms with E-state index in [1.807, 2.05) is 11.9 Å². The van der Waals surface area contributed by atoms with Crippen LogP contribution in [0.1, 0.15) is 52.9 Å². The molecule has 1 amide bonds. The topological polar surface area (TPSA) is 49.6 Å². The highest BCUT2D eigenvalue weighted by Gasteiger charge is 2.26. The first-order chi connectivity index (χ1) is 9.75. The van der Waals surface area contributed by atoms with Crippen LogP contribution >= 0.6 is 0 Å². The van der Waals surface area contributed by atoms with E-state index in [0.29, 0.717) is 24.9 Å². The zero-order valence-electron chi connectivity index (χ0n) is 14.7. The van der Waals surface area contributed by atoms with E-state index in [1.165, 1.54) is 12.8 Å². The Hall–Kier alpha value is -0.610. The largest absolute Gasteiger partial charge is 0.344 e. The van der Waals surface area contributed by atoms with E-state index in [0.717, 1.165) is 25.9 Å². The van der Waals surface area contributed by atoms with Gasteiger partial charge >= 0.3 is 0 Å². The molecule has 1 aliphatic heterocycles. The number of carbonyl (C=O) groups is 1. The molecule has 2 unspecified atom stereocenters. The maximum Gasteiger partial charge on any atom is 0.222 e. The Morgan fingerprint density at radius 3 is 2.52 bits per heavy atom. The van der Waals surface area contributed by atoms with Crippen LogP contribution in [0.15, 0.2) is 0 Å². The van der Waals surface area contributed by atoms with Gasteiger partial charge in [-0.1, -0.05) is 20.8 Å². The predicted molar refractivity (Wildman–Crippen MR) is 89.1 cm³/mol. The summed E-state index contributed by atoms with van der Waals surface area (Å²) in [5, 5.41) is 0. The van der Waals surface area contributed by atoms with Crippen LogP contribution in [-0.4, -0.2) is 55.5 Å². The highest BCUT2D eigenvalue weighted by molar-refractivity contribution is 5.75. The Morgan fingerprint density at radius 1 is 1.38 bits per heavy atom. The van der Waals surface area contributed by atoms with E-state index in [4.69, 9.17) is 5.73 Å². The van der Waals surface area contributed by atoms with Crippen molar-refractivity contribution < 1.29 is 4.79 Å². The molecule has 1 fully saturated rings. The maximum absolute atomic E-state index is 12.3. The van der Waals surface area contributed by atoms with Gasteiger partial charge in [0.2, 0.25) is 5.91 Å². The van der Waals surface area contributed by atoms with E-state index in [2.05, 4.69) is 32.7 Å². The fraction of sp³-hybridized carbons (Fsp3) is 0.941. The van der Waals surface area contributed by atoms with Gasteiger partial charge in [-0.3, -0.25) is 4.79 Å². The number of nitrogens with two attached hydrogens (primary N) is 1. The van der Waals surface area contributed by atoms with Crippen LogP contribution in [-0.2, 0) is 4.79 Å². The number of likely N-dealkylation sites (N-methyl/N-ethyl adjacent to an activating group) is 2. The second-order valence-electron chi connectivity index (χ2n) is 7.73. The van der Waals surface area contributed by atoms with Crippen LogP contribution in [0.5, 0.6) is 0 Å². The van der Waals surface area contributed by atoms with Crippen molar-refractivity contribution in [2.24, 2.45) is 17.1 Å². The molecule has 2 atom stereocenters. The smallest absolute Gasteiger partial charge is 0.222 e. The summed E-state index contributed by atoms with van der Waals surface area (Å²) in [6.45, 7) is 9.47. The molecule has 0 bridgehead atoms. The third-order valence-electron chi connectivity index (χ3n) is 5.03. The van der Waals surface area contributed by atoms with Crippen LogP contribution in [0.3, 0.4) is 0 Å². The molecule has 4 nitrogen and oxygen atoms in total. The highest BCUT2D eigenvalue weighted by Crippen LogP contribution is 2.32. The molecule has 4 heteroatoms. The first-order valence-electron chi connectivity index (χ1n) is 8.40. The van der Waals surface area contributed by atoms with E-state index < -0.39 is 0 Å². The van der Waals surface area contributed by atoms with Crippen LogP contribution in [0.2, 0.25) is 0 Å². The van der Waals surface area contributed by atoms with Gasteiger partial charge in [-0.2, -0.15) is 0 Å². The average Bonchev–Trinajstić information content (AvgIpc) is 2.78. The summed E-state index contributed by atoms with van der Waals surface area (Å²) < 4.78 is 0. The molecule has 1 saturated heterocycles. The minimum Gasteiger partial charge on any atom is -0.344 e. The second kappa shape index (κ2) is 8.14. The fourth-order valence-corrected chi connectivity index (χ4v) is 3.33. The van der Waals surface area contributed by atoms with Crippen LogP contribution < -0.4 is 5.73 Å². The third kappa shape index (κ3) is 5.95. The molecule has 0 radical (unpaired) electrons. The Bertz CT molecular complexity index is 324. The summed E-state index contributed by atoms with van der Waals surface area (Å²) in [4.78, 5) is 16.6. The first kappa shape index (κ1) is 18.4. The lowest BCUT2D eigenvalue weighted by atomic mass is 9.76. The second-order valence-corrected chi connectivity index (χ2v) is 7.73. The molecule has 0 aliphatic carbocycles. The Morgan fingerprint density at radius 2 is 2.05 bits per heavy atom. The van der Waals surface area contributed by atoms with Crippen molar-refractivity contribution in [1.82, 2.24) is 9.80 Å². The molecule has 21 heavy (non-hydrogen) atoms. The van der Waals surface area contributed by atoms with Gasteiger partial charge in [-0.05, 0) is 57.2 Å². The third-order valence-corrected chi connectivity index (χ3v) is 5.03. The Balaban J connectivity index is 2.40. The van der Waals surface area contributed by atoms with Crippen molar-refractivity contribution in [3.63, 3.8) is 0 Å². The minimum atomic E-state index is 0.226. The fourth-order valence-electron chi connectivity index (χ4n) is 3.33. The molecule has 0 aromatic rings. The highest BCUT2D eigenvalue weighted by atomic mass is 16.2. The molecule has 0 aromatic carbocycles. The summed E-state index contributed by atoms with van der Waals surface area (Å²) in [6.07, 6.45) is 5.07. The summed E-state index contributed by atoms with van der Waals surface area (Å²) in [5.74, 6) is 0.801. The molecule has 1 heterocycles. The lowest BCUT2D eigenvalue weighted by molar-refractivity contribution is -0.131. The van der Waals surface area contributed by atoms with Gasteiger partial charge in [0.25, 0.3) is 0 Å². The van der Waals surface area contributed by atoms with E-state index in [-0.39, 0.29) is 11.3 Å². The summed E-state index contributed by atoms with van der Waals surface area (Å²) in [6, 6.07) is 0.543. The molecule has 0 spiro atoms. The maximum atomic E-state index is 12.3. The van der Waals surface area contributed by atoms with Gasteiger partial charge in [0.15, 0.2) is 0 Å². The number of nitrogens with zero attached hydrogens (tertiary/aromatic N) is 2. The van der Waals surface area contributed by atoms with Gasteiger partial charge in [-0.25, -0.2) is 0 Å². The van der Waals surface area contributed by atoms with Gasteiger partial charge in [-0.15, -0.1) is 0 Å². The Kier molecular flexibility index (Phi) is 7.14. The molecular formula is C17H35N3O.